The molecule has 1 amide bonds. The van der Waals surface area contributed by atoms with Crippen molar-refractivity contribution >= 4 is 5.91 Å². The summed E-state index contributed by atoms with van der Waals surface area (Å²) in [6.07, 6.45) is 3.66. The van der Waals surface area contributed by atoms with E-state index in [-0.39, 0.29) is 17.9 Å². The molecule has 4 heteroatoms. The first-order chi connectivity index (χ1) is 10.5. The Bertz CT molecular complexity index is 619. The zero-order valence-electron chi connectivity index (χ0n) is 13.2. The lowest BCUT2D eigenvalue weighted by molar-refractivity contribution is -0.605. The fourth-order valence-electron chi connectivity index (χ4n) is 2.38. The zero-order valence-corrected chi connectivity index (χ0v) is 13.2. The maximum Gasteiger partial charge on any atom is 0.252 e. The van der Waals surface area contributed by atoms with E-state index in [0.29, 0.717) is 10.3 Å². The normalized spacial score (nSPS) is 12.2. The standard InChI is InChI=1S/C18H22N2O2/c1-4-14-5-7-15(8-6-14)17(13(2)3)19-18(21)16-9-11-20(22)12-10-16/h5-13,17H,4H2,1-3H3,(H,19,21)/t17-/m1/s1. The fraction of sp³-hybridized carbons (Fsp3) is 0.333. The molecule has 1 atom stereocenters. The summed E-state index contributed by atoms with van der Waals surface area (Å²) in [5.41, 5.74) is 2.86. The molecule has 116 valence electrons. The number of carbonyl (C=O) groups is 1. The van der Waals surface area contributed by atoms with Crippen molar-refractivity contribution in [1.82, 2.24) is 5.32 Å². The van der Waals surface area contributed by atoms with E-state index < -0.39 is 0 Å². The lowest BCUT2D eigenvalue weighted by Crippen LogP contribution is -2.32. The first-order valence-corrected chi connectivity index (χ1v) is 7.59. The number of hydrogen-bond donors (Lipinski definition) is 1. The van der Waals surface area contributed by atoms with Crippen LogP contribution in [0, 0.1) is 11.1 Å². The molecule has 0 aliphatic heterocycles. The Hall–Kier alpha value is -2.36. The van der Waals surface area contributed by atoms with Gasteiger partial charge in [-0.3, -0.25) is 4.79 Å². The van der Waals surface area contributed by atoms with Gasteiger partial charge in [-0.15, -0.1) is 0 Å². The van der Waals surface area contributed by atoms with Crippen LogP contribution in [-0.2, 0) is 6.42 Å². The Labute approximate surface area is 131 Å². The number of nitrogens with one attached hydrogen (secondary N) is 1. The number of nitrogens with zero attached hydrogens (tertiary/aromatic N) is 1. The minimum Gasteiger partial charge on any atom is -0.619 e. The van der Waals surface area contributed by atoms with Crippen LogP contribution in [-0.4, -0.2) is 5.91 Å². The average Bonchev–Trinajstić information content (AvgIpc) is 2.53. The molecule has 0 saturated heterocycles. The molecule has 1 N–H and O–H groups in total. The number of amides is 1. The number of aromatic nitrogens is 1. The monoisotopic (exact) mass is 298 g/mol. The Morgan fingerprint density at radius 3 is 2.23 bits per heavy atom. The predicted molar refractivity (Wildman–Crippen MR) is 86.3 cm³/mol. The van der Waals surface area contributed by atoms with Crippen LogP contribution < -0.4 is 10.0 Å². The van der Waals surface area contributed by atoms with E-state index in [1.165, 1.54) is 30.1 Å². The molecular weight excluding hydrogens is 276 g/mol. The topological polar surface area (TPSA) is 56.0 Å². The van der Waals surface area contributed by atoms with Crippen LogP contribution in [0.15, 0.2) is 48.8 Å². The van der Waals surface area contributed by atoms with Crippen molar-refractivity contribution in [2.75, 3.05) is 0 Å². The number of carbonyl (C=O) groups excluding carboxylic acids is 1. The molecule has 0 radical (unpaired) electrons. The molecule has 4 nitrogen and oxygen atoms in total. The van der Waals surface area contributed by atoms with Gasteiger partial charge in [0.25, 0.3) is 5.91 Å². The van der Waals surface area contributed by atoms with E-state index in [9.17, 15) is 10.0 Å². The van der Waals surface area contributed by atoms with Gasteiger partial charge < -0.3 is 10.5 Å². The third kappa shape index (κ3) is 3.85. The Morgan fingerprint density at radius 1 is 1.14 bits per heavy atom. The molecule has 1 aromatic heterocycles. The van der Waals surface area contributed by atoms with E-state index in [2.05, 4.69) is 50.4 Å². The van der Waals surface area contributed by atoms with Gasteiger partial charge in [0.15, 0.2) is 12.4 Å². The van der Waals surface area contributed by atoms with Crippen molar-refractivity contribution in [1.29, 1.82) is 0 Å². The predicted octanol–water partition coefficient (Wildman–Crippen LogP) is 3.01. The van der Waals surface area contributed by atoms with Gasteiger partial charge in [-0.05, 0) is 23.5 Å². The number of hydrogen-bond acceptors (Lipinski definition) is 2. The van der Waals surface area contributed by atoms with Gasteiger partial charge >= 0.3 is 0 Å². The van der Waals surface area contributed by atoms with Crippen molar-refractivity contribution < 1.29 is 9.52 Å². The van der Waals surface area contributed by atoms with Crippen molar-refractivity contribution in [3.8, 4) is 0 Å². The first kappa shape index (κ1) is 16.0. The molecule has 0 aliphatic rings. The molecule has 22 heavy (non-hydrogen) atoms. The summed E-state index contributed by atoms with van der Waals surface area (Å²) >= 11 is 0. The molecule has 0 unspecified atom stereocenters. The van der Waals surface area contributed by atoms with Crippen molar-refractivity contribution in [2.24, 2.45) is 5.92 Å². The smallest absolute Gasteiger partial charge is 0.252 e. The summed E-state index contributed by atoms with van der Waals surface area (Å²) in [6, 6.07) is 11.3. The molecule has 1 aromatic carbocycles. The molecule has 2 aromatic rings. The molecular formula is C18H22N2O2. The van der Waals surface area contributed by atoms with E-state index in [1.54, 1.807) is 0 Å². The quantitative estimate of drug-likeness (QED) is 0.681. The number of pyridine rings is 1. The third-order valence-corrected chi connectivity index (χ3v) is 3.76. The summed E-state index contributed by atoms with van der Waals surface area (Å²) in [7, 11) is 0. The Balaban J connectivity index is 2.17. The van der Waals surface area contributed by atoms with Crippen LogP contribution in [0.4, 0.5) is 0 Å². The van der Waals surface area contributed by atoms with Crippen LogP contribution in [0.25, 0.3) is 0 Å². The third-order valence-electron chi connectivity index (χ3n) is 3.76. The lowest BCUT2D eigenvalue weighted by Gasteiger charge is -2.23. The largest absolute Gasteiger partial charge is 0.619 e. The maximum atomic E-state index is 12.3. The fourth-order valence-corrected chi connectivity index (χ4v) is 2.38. The van der Waals surface area contributed by atoms with Gasteiger partial charge in [-0.2, -0.15) is 4.73 Å². The highest BCUT2D eigenvalue weighted by Gasteiger charge is 2.19. The second-order valence-corrected chi connectivity index (χ2v) is 5.74. The van der Waals surface area contributed by atoms with Crippen LogP contribution in [0.3, 0.4) is 0 Å². The minimum atomic E-state index is -0.168. The molecule has 0 bridgehead atoms. The average molecular weight is 298 g/mol. The molecule has 0 spiro atoms. The number of aryl methyl sites for hydroxylation is 1. The van der Waals surface area contributed by atoms with Crippen molar-refractivity contribution in [3.63, 3.8) is 0 Å². The molecule has 0 fully saturated rings. The molecule has 1 heterocycles. The van der Waals surface area contributed by atoms with E-state index >= 15 is 0 Å². The minimum absolute atomic E-state index is 0.0574. The van der Waals surface area contributed by atoms with E-state index in [4.69, 9.17) is 0 Å². The first-order valence-electron chi connectivity index (χ1n) is 7.59. The molecule has 0 saturated carbocycles. The van der Waals surface area contributed by atoms with Crippen LogP contribution in [0.1, 0.15) is 48.3 Å². The highest BCUT2D eigenvalue weighted by molar-refractivity contribution is 5.94. The Kier molecular flexibility index (Phi) is 5.15. The number of rotatable bonds is 5. The Morgan fingerprint density at radius 2 is 1.73 bits per heavy atom. The summed E-state index contributed by atoms with van der Waals surface area (Å²) in [6.45, 7) is 6.28. The highest BCUT2D eigenvalue weighted by atomic mass is 16.5. The van der Waals surface area contributed by atoms with Crippen molar-refractivity contribution in [3.05, 3.63) is 70.7 Å². The SMILES string of the molecule is CCc1ccc([C@H](NC(=O)c2cc[n+]([O-])cc2)C(C)C)cc1. The van der Waals surface area contributed by atoms with Gasteiger partial charge in [0.05, 0.1) is 11.6 Å². The summed E-state index contributed by atoms with van der Waals surface area (Å²) in [5.74, 6) is 0.100. The van der Waals surface area contributed by atoms with Gasteiger partial charge in [-0.1, -0.05) is 45.0 Å². The second-order valence-electron chi connectivity index (χ2n) is 5.74. The number of benzene rings is 1. The van der Waals surface area contributed by atoms with Gasteiger partial charge in [0, 0.05) is 12.1 Å². The molecule has 0 aliphatic carbocycles. The summed E-state index contributed by atoms with van der Waals surface area (Å²) in [5, 5.41) is 14.1. The van der Waals surface area contributed by atoms with E-state index in [0.717, 1.165) is 12.0 Å². The summed E-state index contributed by atoms with van der Waals surface area (Å²) < 4.78 is 0.667. The lowest BCUT2D eigenvalue weighted by atomic mass is 9.94. The highest BCUT2D eigenvalue weighted by Crippen LogP contribution is 2.22. The molecule has 2 rings (SSSR count). The van der Waals surface area contributed by atoms with Crippen LogP contribution in [0.5, 0.6) is 0 Å². The van der Waals surface area contributed by atoms with E-state index in [1.807, 2.05) is 0 Å². The van der Waals surface area contributed by atoms with Crippen LogP contribution >= 0.6 is 0 Å². The second kappa shape index (κ2) is 7.07. The zero-order chi connectivity index (χ0) is 16.1. The van der Waals surface area contributed by atoms with Gasteiger partial charge in [0.2, 0.25) is 0 Å². The van der Waals surface area contributed by atoms with Crippen molar-refractivity contribution in [2.45, 2.75) is 33.2 Å². The van der Waals surface area contributed by atoms with Gasteiger partial charge in [-0.25, -0.2) is 0 Å². The summed E-state index contributed by atoms with van der Waals surface area (Å²) in [4.78, 5) is 12.3. The van der Waals surface area contributed by atoms with Gasteiger partial charge in [0.1, 0.15) is 0 Å². The maximum absolute atomic E-state index is 12.3. The van der Waals surface area contributed by atoms with Crippen LogP contribution in [0.2, 0.25) is 0 Å².